The predicted molar refractivity (Wildman–Crippen MR) is 56.1 cm³/mol. The largest absolute Gasteiger partial charge is 0.481 e. The van der Waals surface area contributed by atoms with Crippen molar-refractivity contribution in [2.45, 2.75) is 5.92 Å². The molecule has 1 heterocycles. The van der Waals surface area contributed by atoms with Gasteiger partial charge in [-0.15, -0.1) is 0 Å². The minimum atomic E-state index is -0.808. The van der Waals surface area contributed by atoms with Crippen LogP contribution in [0.25, 0.3) is 0 Å². The van der Waals surface area contributed by atoms with Crippen LogP contribution in [0, 0.1) is 5.92 Å². The molecule has 1 aliphatic heterocycles. The first-order chi connectivity index (χ1) is 7.18. The number of hydrogen-bond donors (Lipinski definition) is 1. The van der Waals surface area contributed by atoms with E-state index in [1.54, 1.807) is 12.1 Å². The number of rotatable bonds is 2. The molecule has 1 aromatic carbocycles. The Bertz CT molecular complexity index is 378. The van der Waals surface area contributed by atoms with Crippen LogP contribution in [-0.2, 0) is 9.53 Å². The molecule has 1 aromatic rings. The summed E-state index contributed by atoms with van der Waals surface area (Å²) in [6.45, 7) is 0.740. The molecule has 0 radical (unpaired) electrons. The summed E-state index contributed by atoms with van der Waals surface area (Å²) >= 11 is 5.86. The zero-order valence-electron chi connectivity index (χ0n) is 8.02. The summed E-state index contributed by atoms with van der Waals surface area (Å²) in [5, 5.41) is 9.63. The Labute approximate surface area is 92.6 Å². The fraction of sp³-hybridized carbons (Fsp3) is 0.364. The molecule has 2 atom stereocenters. The molecule has 2 rings (SSSR count). The van der Waals surface area contributed by atoms with Gasteiger partial charge in [0.25, 0.3) is 0 Å². The predicted octanol–water partition coefficient (Wildman–Crippen LogP) is 2.15. The van der Waals surface area contributed by atoms with Crippen molar-refractivity contribution in [1.82, 2.24) is 0 Å². The van der Waals surface area contributed by atoms with Gasteiger partial charge < -0.3 is 9.84 Å². The van der Waals surface area contributed by atoms with Gasteiger partial charge in [-0.25, -0.2) is 0 Å². The molecule has 0 bridgehead atoms. The molecule has 4 heteroatoms. The smallest absolute Gasteiger partial charge is 0.309 e. The molecule has 1 saturated heterocycles. The van der Waals surface area contributed by atoms with E-state index in [1.807, 2.05) is 12.1 Å². The van der Waals surface area contributed by atoms with Crippen LogP contribution >= 0.6 is 11.6 Å². The number of ether oxygens (including phenoxy) is 1. The Kier molecular flexibility index (Phi) is 2.93. The molecular weight excluding hydrogens is 216 g/mol. The van der Waals surface area contributed by atoms with Gasteiger partial charge >= 0.3 is 5.97 Å². The number of aliphatic carboxylic acids is 1. The van der Waals surface area contributed by atoms with Gasteiger partial charge in [-0.3, -0.25) is 4.79 Å². The van der Waals surface area contributed by atoms with Crippen molar-refractivity contribution in [3.8, 4) is 0 Å². The summed E-state index contributed by atoms with van der Waals surface area (Å²) in [4.78, 5) is 11.0. The highest BCUT2D eigenvalue weighted by Crippen LogP contribution is 2.32. The van der Waals surface area contributed by atoms with E-state index in [0.717, 1.165) is 5.56 Å². The molecule has 0 spiro atoms. The number of carboxylic acids is 1. The Balaban J connectivity index is 2.26. The molecule has 0 aromatic heterocycles. The molecule has 1 aliphatic rings. The van der Waals surface area contributed by atoms with Crippen LogP contribution in [0.5, 0.6) is 0 Å². The summed E-state index contributed by atoms with van der Waals surface area (Å²) in [6, 6.07) is 7.30. The first-order valence-corrected chi connectivity index (χ1v) is 5.12. The van der Waals surface area contributed by atoms with Gasteiger partial charge in [0.15, 0.2) is 0 Å². The first kappa shape index (κ1) is 10.5. The monoisotopic (exact) mass is 226 g/mol. The standard InChI is InChI=1S/C11H11ClO3/c12-8-3-1-2-7(4-8)9-5-15-6-10(9)11(13)14/h1-4,9-10H,5-6H2,(H,13,14). The number of hydrogen-bond acceptors (Lipinski definition) is 2. The van der Waals surface area contributed by atoms with E-state index in [9.17, 15) is 4.79 Å². The summed E-state index contributed by atoms with van der Waals surface area (Å²) < 4.78 is 5.20. The van der Waals surface area contributed by atoms with E-state index in [2.05, 4.69) is 0 Å². The van der Waals surface area contributed by atoms with Crippen molar-refractivity contribution in [3.63, 3.8) is 0 Å². The summed E-state index contributed by atoms with van der Waals surface area (Å²) in [5.41, 5.74) is 0.937. The second-order valence-electron chi connectivity index (χ2n) is 3.64. The molecule has 1 N–H and O–H groups in total. The second kappa shape index (κ2) is 4.21. The number of benzene rings is 1. The Morgan fingerprint density at radius 1 is 1.47 bits per heavy atom. The van der Waals surface area contributed by atoms with Crippen LogP contribution in [0.3, 0.4) is 0 Å². The van der Waals surface area contributed by atoms with Gasteiger partial charge in [-0.1, -0.05) is 23.7 Å². The number of carbonyl (C=O) groups is 1. The Hall–Kier alpha value is -1.06. The van der Waals surface area contributed by atoms with Gasteiger partial charge in [0.05, 0.1) is 19.1 Å². The third-order valence-electron chi connectivity index (χ3n) is 2.67. The molecule has 3 nitrogen and oxygen atoms in total. The molecule has 0 amide bonds. The van der Waals surface area contributed by atoms with E-state index in [4.69, 9.17) is 21.4 Å². The van der Waals surface area contributed by atoms with Crippen molar-refractivity contribution in [2.75, 3.05) is 13.2 Å². The summed E-state index contributed by atoms with van der Waals surface area (Å²) in [5.74, 6) is -1.35. The zero-order valence-corrected chi connectivity index (χ0v) is 8.78. The van der Waals surface area contributed by atoms with Crippen molar-refractivity contribution in [3.05, 3.63) is 34.9 Å². The van der Waals surface area contributed by atoms with Crippen LogP contribution in [-0.4, -0.2) is 24.3 Å². The highest BCUT2D eigenvalue weighted by Gasteiger charge is 2.34. The van der Waals surface area contributed by atoms with Crippen molar-refractivity contribution in [2.24, 2.45) is 5.92 Å². The van der Waals surface area contributed by atoms with Crippen LogP contribution in [0.1, 0.15) is 11.5 Å². The van der Waals surface area contributed by atoms with Crippen LogP contribution < -0.4 is 0 Å². The third kappa shape index (κ3) is 2.13. The van der Waals surface area contributed by atoms with E-state index >= 15 is 0 Å². The van der Waals surface area contributed by atoms with E-state index < -0.39 is 11.9 Å². The van der Waals surface area contributed by atoms with Gasteiger partial charge in [0, 0.05) is 10.9 Å². The maximum absolute atomic E-state index is 11.0. The fourth-order valence-corrected chi connectivity index (χ4v) is 2.06. The van der Waals surface area contributed by atoms with Crippen molar-refractivity contribution in [1.29, 1.82) is 0 Å². The van der Waals surface area contributed by atoms with Crippen molar-refractivity contribution < 1.29 is 14.6 Å². The van der Waals surface area contributed by atoms with Crippen LogP contribution in [0.15, 0.2) is 24.3 Å². The van der Waals surface area contributed by atoms with Gasteiger partial charge in [-0.05, 0) is 17.7 Å². The van der Waals surface area contributed by atoms with Gasteiger partial charge in [0.1, 0.15) is 0 Å². The number of halogens is 1. The topological polar surface area (TPSA) is 46.5 Å². The lowest BCUT2D eigenvalue weighted by molar-refractivity contribution is -0.142. The average Bonchev–Trinajstić information content (AvgIpc) is 2.65. The highest BCUT2D eigenvalue weighted by molar-refractivity contribution is 6.30. The molecule has 0 aliphatic carbocycles. The summed E-state index contributed by atoms with van der Waals surface area (Å²) in [7, 11) is 0. The molecular formula is C11H11ClO3. The molecule has 0 saturated carbocycles. The molecule has 15 heavy (non-hydrogen) atoms. The number of carboxylic acid groups (broad SMARTS) is 1. The maximum atomic E-state index is 11.0. The minimum absolute atomic E-state index is 0.0822. The lowest BCUT2D eigenvalue weighted by Crippen LogP contribution is -2.20. The fourth-order valence-electron chi connectivity index (χ4n) is 1.86. The van der Waals surface area contributed by atoms with Crippen molar-refractivity contribution >= 4 is 17.6 Å². The second-order valence-corrected chi connectivity index (χ2v) is 4.08. The normalized spacial score (nSPS) is 25.4. The highest BCUT2D eigenvalue weighted by atomic mass is 35.5. The first-order valence-electron chi connectivity index (χ1n) is 4.74. The van der Waals surface area contributed by atoms with Gasteiger partial charge in [0.2, 0.25) is 0 Å². The molecule has 2 unspecified atom stereocenters. The lowest BCUT2D eigenvalue weighted by Gasteiger charge is -2.13. The minimum Gasteiger partial charge on any atom is -0.481 e. The maximum Gasteiger partial charge on any atom is 0.309 e. The average molecular weight is 227 g/mol. The Morgan fingerprint density at radius 2 is 2.27 bits per heavy atom. The SMILES string of the molecule is O=C(O)C1COCC1c1cccc(Cl)c1. The van der Waals surface area contributed by atoms with Gasteiger partial charge in [-0.2, -0.15) is 0 Å². The van der Waals surface area contributed by atoms with E-state index in [1.165, 1.54) is 0 Å². The van der Waals surface area contributed by atoms with Crippen LogP contribution in [0.4, 0.5) is 0 Å². The van der Waals surface area contributed by atoms with E-state index in [-0.39, 0.29) is 12.5 Å². The van der Waals surface area contributed by atoms with E-state index in [0.29, 0.717) is 11.6 Å². The Morgan fingerprint density at radius 3 is 2.93 bits per heavy atom. The third-order valence-corrected chi connectivity index (χ3v) is 2.91. The van der Waals surface area contributed by atoms with Crippen LogP contribution in [0.2, 0.25) is 5.02 Å². The molecule has 1 fully saturated rings. The zero-order chi connectivity index (χ0) is 10.8. The quantitative estimate of drug-likeness (QED) is 0.841. The summed E-state index contributed by atoms with van der Waals surface area (Å²) in [6.07, 6.45) is 0. The molecule has 80 valence electrons. The lowest BCUT2D eigenvalue weighted by atomic mass is 9.89.